The number of nitrogens with zero attached hydrogens (tertiary/aromatic N) is 1. The molecule has 1 aliphatic rings. The van der Waals surface area contributed by atoms with Crippen LogP contribution in [0.2, 0.25) is 0 Å². The number of esters is 1. The first-order valence-corrected chi connectivity index (χ1v) is 7.18. The van der Waals surface area contributed by atoms with Gasteiger partial charge < -0.3 is 24.8 Å². The van der Waals surface area contributed by atoms with Crippen molar-refractivity contribution in [3.63, 3.8) is 0 Å². The van der Waals surface area contributed by atoms with E-state index in [1.807, 2.05) is 4.90 Å². The minimum Gasteiger partial charge on any atom is -0.466 e. The van der Waals surface area contributed by atoms with E-state index in [9.17, 15) is 14.7 Å². The summed E-state index contributed by atoms with van der Waals surface area (Å²) in [4.78, 5) is 24.7. The van der Waals surface area contributed by atoms with Gasteiger partial charge in [-0.1, -0.05) is 0 Å². The zero-order valence-electron chi connectivity index (χ0n) is 12.4. The minimum absolute atomic E-state index is 0.253. The average Bonchev–Trinajstić information content (AvgIpc) is 2.49. The molecule has 1 aliphatic heterocycles. The number of amides is 1. The van der Waals surface area contributed by atoms with Crippen molar-refractivity contribution in [3.8, 4) is 0 Å². The number of benzene rings is 1. The van der Waals surface area contributed by atoms with E-state index in [1.165, 1.54) is 0 Å². The van der Waals surface area contributed by atoms with Crippen LogP contribution in [0.25, 0.3) is 0 Å². The third-order valence-corrected chi connectivity index (χ3v) is 3.20. The van der Waals surface area contributed by atoms with Gasteiger partial charge in [0.1, 0.15) is 6.42 Å². The summed E-state index contributed by atoms with van der Waals surface area (Å²) in [5.41, 5.74) is 1.43. The van der Waals surface area contributed by atoms with Gasteiger partial charge in [-0.2, -0.15) is 0 Å². The first-order valence-electron chi connectivity index (χ1n) is 7.18. The van der Waals surface area contributed by atoms with Gasteiger partial charge >= 0.3 is 5.97 Å². The molecule has 1 heterocycles. The standard InChI is InChI=1S/C15H20N2O5/c1-2-22-15(20)9-13(18)16-11-3-5-12(6-4-11)17-7-8-21-10-14(17)19/h3-6,14,19H,2,7-10H2,1H3,(H,16,18). The Morgan fingerprint density at radius 1 is 1.41 bits per heavy atom. The molecule has 22 heavy (non-hydrogen) atoms. The van der Waals surface area contributed by atoms with E-state index in [2.05, 4.69) is 5.32 Å². The molecule has 2 rings (SSSR count). The highest BCUT2D eigenvalue weighted by molar-refractivity contribution is 6.01. The van der Waals surface area contributed by atoms with Gasteiger partial charge in [0.05, 0.1) is 19.8 Å². The third-order valence-electron chi connectivity index (χ3n) is 3.20. The molecule has 120 valence electrons. The highest BCUT2D eigenvalue weighted by atomic mass is 16.5. The van der Waals surface area contributed by atoms with E-state index >= 15 is 0 Å². The number of aliphatic hydroxyl groups is 1. The first-order chi connectivity index (χ1) is 10.6. The Hall–Kier alpha value is -2.12. The van der Waals surface area contributed by atoms with Gasteiger partial charge in [0.2, 0.25) is 5.91 Å². The van der Waals surface area contributed by atoms with Crippen LogP contribution in [-0.4, -0.2) is 49.6 Å². The molecular weight excluding hydrogens is 288 g/mol. The number of hydrogen-bond donors (Lipinski definition) is 2. The lowest BCUT2D eigenvalue weighted by Crippen LogP contribution is -2.45. The van der Waals surface area contributed by atoms with Crippen LogP contribution >= 0.6 is 0 Å². The molecular formula is C15H20N2O5. The summed E-state index contributed by atoms with van der Waals surface area (Å²) in [5.74, 6) is -0.967. The lowest BCUT2D eigenvalue weighted by molar-refractivity contribution is -0.145. The highest BCUT2D eigenvalue weighted by Gasteiger charge is 2.20. The van der Waals surface area contributed by atoms with E-state index in [0.29, 0.717) is 18.8 Å². The number of aliphatic hydroxyl groups excluding tert-OH is 1. The molecule has 1 unspecified atom stereocenters. The van der Waals surface area contributed by atoms with E-state index in [-0.39, 0.29) is 19.6 Å². The predicted octanol–water partition coefficient (Wildman–Crippen LogP) is 0.733. The second-order valence-corrected chi connectivity index (χ2v) is 4.83. The summed E-state index contributed by atoms with van der Waals surface area (Å²) in [5, 5.41) is 12.5. The summed E-state index contributed by atoms with van der Waals surface area (Å²) >= 11 is 0. The van der Waals surface area contributed by atoms with E-state index in [0.717, 1.165) is 5.69 Å². The number of rotatable bonds is 5. The topological polar surface area (TPSA) is 88.1 Å². The zero-order chi connectivity index (χ0) is 15.9. The predicted molar refractivity (Wildman–Crippen MR) is 80.5 cm³/mol. The molecule has 1 aromatic carbocycles. The number of ether oxygens (including phenoxy) is 2. The largest absolute Gasteiger partial charge is 0.466 e. The molecule has 0 aromatic heterocycles. The molecule has 1 atom stereocenters. The molecule has 0 spiro atoms. The van der Waals surface area contributed by atoms with Crippen LogP contribution in [0.5, 0.6) is 0 Å². The maximum atomic E-state index is 11.7. The van der Waals surface area contributed by atoms with Gasteiger partial charge in [-0.3, -0.25) is 9.59 Å². The molecule has 0 bridgehead atoms. The number of nitrogens with one attached hydrogen (secondary N) is 1. The fourth-order valence-corrected chi connectivity index (χ4v) is 2.18. The molecule has 7 heteroatoms. The van der Waals surface area contributed by atoms with Gasteiger partial charge in [0.15, 0.2) is 6.23 Å². The number of anilines is 2. The Morgan fingerprint density at radius 2 is 2.14 bits per heavy atom. The van der Waals surface area contributed by atoms with Crippen LogP contribution in [0.3, 0.4) is 0 Å². The Kier molecular flexibility index (Phi) is 5.74. The molecule has 1 aromatic rings. The Balaban J connectivity index is 1.91. The monoisotopic (exact) mass is 308 g/mol. The van der Waals surface area contributed by atoms with E-state index in [1.54, 1.807) is 31.2 Å². The fraction of sp³-hybridized carbons (Fsp3) is 0.467. The van der Waals surface area contributed by atoms with Crippen LogP contribution in [0.1, 0.15) is 13.3 Å². The maximum Gasteiger partial charge on any atom is 0.315 e. The molecule has 1 amide bonds. The Bertz CT molecular complexity index is 517. The molecule has 2 N–H and O–H groups in total. The smallest absolute Gasteiger partial charge is 0.315 e. The molecule has 1 saturated heterocycles. The van der Waals surface area contributed by atoms with Crippen molar-refractivity contribution in [1.29, 1.82) is 0 Å². The zero-order valence-corrected chi connectivity index (χ0v) is 12.4. The number of carbonyl (C=O) groups excluding carboxylic acids is 2. The summed E-state index contributed by atoms with van der Waals surface area (Å²) in [6.07, 6.45) is -0.976. The van der Waals surface area contributed by atoms with Crippen LogP contribution < -0.4 is 10.2 Å². The van der Waals surface area contributed by atoms with Crippen molar-refractivity contribution in [2.75, 3.05) is 36.6 Å². The molecule has 0 radical (unpaired) electrons. The molecule has 0 saturated carbocycles. The second-order valence-electron chi connectivity index (χ2n) is 4.83. The Labute approximate surface area is 128 Å². The molecule has 7 nitrogen and oxygen atoms in total. The van der Waals surface area contributed by atoms with Gasteiger partial charge in [0.25, 0.3) is 0 Å². The van der Waals surface area contributed by atoms with Crippen LogP contribution in [0.15, 0.2) is 24.3 Å². The van der Waals surface area contributed by atoms with Crippen molar-refractivity contribution in [2.24, 2.45) is 0 Å². The van der Waals surface area contributed by atoms with Gasteiger partial charge in [-0.25, -0.2) is 0 Å². The van der Waals surface area contributed by atoms with Crippen molar-refractivity contribution >= 4 is 23.3 Å². The first kappa shape index (κ1) is 16.3. The molecule has 0 aliphatic carbocycles. The van der Waals surface area contributed by atoms with Crippen molar-refractivity contribution in [3.05, 3.63) is 24.3 Å². The summed E-state index contributed by atoms with van der Waals surface area (Å²) < 4.78 is 9.89. The fourth-order valence-electron chi connectivity index (χ4n) is 2.18. The Morgan fingerprint density at radius 3 is 2.77 bits per heavy atom. The van der Waals surface area contributed by atoms with Crippen LogP contribution in [0.4, 0.5) is 11.4 Å². The summed E-state index contributed by atoms with van der Waals surface area (Å²) in [7, 11) is 0. The summed E-state index contributed by atoms with van der Waals surface area (Å²) in [6.45, 7) is 3.39. The minimum atomic E-state index is -0.669. The SMILES string of the molecule is CCOC(=O)CC(=O)Nc1ccc(N2CCOCC2O)cc1. The van der Waals surface area contributed by atoms with Gasteiger partial charge in [0, 0.05) is 17.9 Å². The highest BCUT2D eigenvalue weighted by Crippen LogP contribution is 2.21. The van der Waals surface area contributed by atoms with Crippen LogP contribution in [0, 0.1) is 0 Å². The number of carbonyl (C=O) groups is 2. The van der Waals surface area contributed by atoms with Crippen molar-refractivity contribution < 1.29 is 24.2 Å². The normalized spacial score (nSPS) is 17.9. The van der Waals surface area contributed by atoms with Crippen LogP contribution in [-0.2, 0) is 19.1 Å². The van der Waals surface area contributed by atoms with Gasteiger partial charge in [-0.05, 0) is 31.2 Å². The lowest BCUT2D eigenvalue weighted by atomic mass is 10.2. The summed E-state index contributed by atoms with van der Waals surface area (Å²) in [6, 6.07) is 7.05. The van der Waals surface area contributed by atoms with Crippen molar-refractivity contribution in [2.45, 2.75) is 19.6 Å². The molecule has 1 fully saturated rings. The third kappa shape index (κ3) is 4.44. The van der Waals surface area contributed by atoms with Crippen molar-refractivity contribution in [1.82, 2.24) is 0 Å². The van der Waals surface area contributed by atoms with Gasteiger partial charge in [-0.15, -0.1) is 0 Å². The quantitative estimate of drug-likeness (QED) is 0.616. The number of hydrogen-bond acceptors (Lipinski definition) is 6. The maximum absolute atomic E-state index is 11.7. The average molecular weight is 308 g/mol. The number of morpholine rings is 1. The second kappa shape index (κ2) is 7.77. The lowest BCUT2D eigenvalue weighted by Gasteiger charge is -2.33. The van der Waals surface area contributed by atoms with E-state index in [4.69, 9.17) is 9.47 Å². The van der Waals surface area contributed by atoms with E-state index < -0.39 is 18.1 Å².